The topological polar surface area (TPSA) is 199 Å². The SMILES string of the molecule is CCOC(=O)C(CCCCOS(=O)(=O)c1ccccc1[N+](=O)[O-])OS(=O)(=O)c1ccccc1[N+](=O)[O-]. The van der Waals surface area contributed by atoms with Crippen molar-refractivity contribution in [3.8, 4) is 0 Å². The van der Waals surface area contributed by atoms with Gasteiger partial charge in [-0.05, 0) is 38.3 Å². The van der Waals surface area contributed by atoms with Gasteiger partial charge in [0.15, 0.2) is 15.9 Å². The summed E-state index contributed by atoms with van der Waals surface area (Å²) in [5, 5.41) is 22.2. The molecule has 2 rings (SSSR count). The highest BCUT2D eigenvalue weighted by molar-refractivity contribution is 7.87. The lowest BCUT2D eigenvalue weighted by molar-refractivity contribution is -0.388. The van der Waals surface area contributed by atoms with Gasteiger partial charge >= 0.3 is 26.2 Å². The monoisotopic (exact) mass is 546 g/mol. The van der Waals surface area contributed by atoms with Crippen LogP contribution in [0.5, 0.6) is 0 Å². The van der Waals surface area contributed by atoms with Crippen molar-refractivity contribution in [3.05, 3.63) is 68.8 Å². The minimum atomic E-state index is -4.75. The molecule has 0 fully saturated rings. The summed E-state index contributed by atoms with van der Waals surface area (Å²) in [5.74, 6) is -1.03. The Labute approximate surface area is 206 Å². The highest BCUT2D eigenvalue weighted by Crippen LogP contribution is 2.27. The first-order chi connectivity index (χ1) is 16.9. The zero-order chi connectivity index (χ0) is 26.9. The van der Waals surface area contributed by atoms with E-state index in [9.17, 15) is 41.9 Å². The number of hydrogen-bond donors (Lipinski definition) is 0. The number of ether oxygens (including phenoxy) is 1. The van der Waals surface area contributed by atoms with E-state index in [0.717, 1.165) is 24.3 Å². The Morgan fingerprint density at radius 3 is 1.86 bits per heavy atom. The molecule has 0 radical (unpaired) electrons. The van der Waals surface area contributed by atoms with Crippen molar-refractivity contribution >= 4 is 37.6 Å². The van der Waals surface area contributed by atoms with Crippen molar-refractivity contribution in [1.82, 2.24) is 0 Å². The molecule has 14 nitrogen and oxygen atoms in total. The van der Waals surface area contributed by atoms with E-state index in [-0.39, 0.29) is 25.9 Å². The van der Waals surface area contributed by atoms with E-state index >= 15 is 0 Å². The minimum Gasteiger partial charge on any atom is -0.464 e. The maximum absolute atomic E-state index is 12.6. The van der Waals surface area contributed by atoms with Gasteiger partial charge in [0, 0.05) is 12.1 Å². The molecule has 0 aliphatic heterocycles. The normalized spacial score (nSPS) is 12.6. The van der Waals surface area contributed by atoms with Crippen LogP contribution in [0.15, 0.2) is 58.3 Å². The fraction of sp³-hybridized carbons (Fsp3) is 0.350. The molecule has 0 aliphatic rings. The van der Waals surface area contributed by atoms with E-state index < -0.39 is 69.9 Å². The summed E-state index contributed by atoms with van der Waals surface area (Å²) < 4.78 is 64.5. The van der Waals surface area contributed by atoms with Crippen LogP contribution in [0, 0.1) is 20.2 Å². The van der Waals surface area contributed by atoms with Crippen molar-refractivity contribution < 1.29 is 44.6 Å². The van der Waals surface area contributed by atoms with E-state index in [0.29, 0.717) is 0 Å². The molecule has 16 heteroatoms. The highest BCUT2D eigenvalue weighted by Gasteiger charge is 2.33. The summed E-state index contributed by atoms with van der Waals surface area (Å²) in [7, 11) is -9.21. The second-order valence-corrected chi connectivity index (χ2v) is 10.1. The van der Waals surface area contributed by atoms with Gasteiger partial charge in [-0.1, -0.05) is 24.3 Å². The number of unbranched alkanes of at least 4 members (excludes halogenated alkanes) is 1. The predicted molar refractivity (Wildman–Crippen MR) is 122 cm³/mol. The number of carbonyl (C=O) groups excluding carboxylic acids is 1. The Morgan fingerprint density at radius 2 is 1.36 bits per heavy atom. The average Bonchev–Trinajstić information content (AvgIpc) is 2.83. The first-order valence-electron chi connectivity index (χ1n) is 10.4. The van der Waals surface area contributed by atoms with Crippen molar-refractivity contribution in [1.29, 1.82) is 0 Å². The van der Waals surface area contributed by atoms with Gasteiger partial charge in [-0.25, -0.2) is 4.79 Å². The van der Waals surface area contributed by atoms with Crippen molar-refractivity contribution in [2.75, 3.05) is 13.2 Å². The van der Waals surface area contributed by atoms with Crippen LogP contribution < -0.4 is 0 Å². The third-order valence-corrected chi connectivity index (χ3v) is 7.28. The molecule has 0 spiro atoms. The standard InChI is InChI=1S/C20H22N2O12S2/c1-2-32-20(23)17(34-36(30,31)19-13-6-4-10-16(19)22(26)27)11-7-8-14-33-35(28,29)18-12-5-3-9-15(18)21(24)25/h3-6,9-10,12-13,17H,2,7-8,11,14H2,1H3. The number of esters is 1. The quantitative estimate of drug-likeness (QED) is 0.110. The van der Waals surface area contributed by atoms with E-state index in [1.807, 2.05) is 0 Å². The van der Waals surface area contributed by atoms with E-state index in [1.54, 1.807) is 0 Å². The van der Waals surface area contributed by atoms with Crippen LogP contribution in [0.25, 0.3) is 0 Å². The van der Waals surface area contributed by atoms with E-state index in [1.165, 1.54) is 31.2 Å². The first-order valence-corrected chi connectivity index (χ1v) is 13.2. The molecule has 1 atom stereocenters. The first kappa shape index (κ1) is 28.8. The second kappa shape index (κ2) is 12.5. The number of para-hydroxylation sites is 2. The fourth-order valence-corrected chi connectivity index (χ4v) is 5.28. The van der Waals surface area contributed by atoms with Crippen molar-refractivity contribution in [2.45, 2.75) is 42.1 Å². The molecule has 0 heterocycles. The van der Waals surface area contributed by atoms with Gasteiger partial charge in [-0.3, -0.25) is 28.6 Å². The number of rotatable bonds is 14. The molecule has 0 aliphatic carbocycles. The Morgan fingerprint density at radius 1 is 0.861 bits per heavy atom. The maximum atomic E-state index is 12.6. The molecule has 36 heavy (non-hydrogen) atoms. The Hall–Kier alpha value is -3.47. The zero-order valence-corrected chi connectivity index (χ0v) is 20.5. The number of nitro benzene ring substituents is 2. The van der Waals surface area contributed by atoms with Gasteiger partial charge < -0.3 is 4.74 Å². The van der Waals surface area contributed by atoms with Crippen LogP contribution in [0.4, 0.5) is 11.4 Å². The molecule has 0 aromatic heterocycles. The van der Waals surface area contributed by atoms with Gasteiger partial charge in [0.2, 0.25) is 0 Å². The summed E-state index contributed by atoms with van der Waals surface area (Å²) >= 11 is 0. The number of nitrogens with zero attached hydrogens (tertiary/aromatic N) is 2. The molecule has 2 aromatic rings. The molecular weight excluding hydrogens is 524 g/mol. The lowest BCUT2D eigenvalue weighted by atomic mass is 10.1. The second-order valence-electron chi connectivity index (χ2n) is 7.01. The lowest BCUT2D eigenvalue weighted by Crippen LogP contribution is -2.29. The largest absolute Gasteiger partial charge is 0.464 e. The van der Waals surface area contributed by atoms with Crippen molar-refractivity contribution in [2.24, 2.45) is 0 Å². The summed E-state index contributed by atoms with van der Waals surface area (Å²) in [6.07, 6.45) is -1.91. The average molecular weight is 547 g/mol. The molecule has 0 saturated carbocycles. The van der Waals surface area contributed by atoms with Crippen LogP contribution >= 0.6 is 0 Å². The molecule has 2 aromatic carbocycles. The molecule has 196 valence electrons. The minimum absolute atomic E-state index is 0.00927. The number of carbonyl (C=O) groups is 1. The molecule has 0 saturated heterocycles. The smallest absolute Gasteiger partial charge is 0.336 e. The zero-order valence-electron chi connectivity index (χ0n) is 18.8. The third-order valence-electron chi connectivity index (χ3n) is 4.55. The fourth-order valence-electron chi connectivity index (χ4n) is 2.95. The van der Waals surface area contributed by atoms with Crippen LogP contribution in [-0.2, 0) is 38.1 Å². The Kier molecular flexibility index (Phi) is 9.97. The lowest BCUT2D eigenvalue weighted by Gasteiger charge is -2.16. The van der Waals surface area contributed by atoms with E-state index in [4.69, 9.17) is 13.1 Å². The van der Waals surface area contributed by atoms with Crippen LogP contribution in [0.1, 0.15) is 26.2 Å². The Bertz CT molecular complexity index is 1330. The van der Waals surface area contributed by atoms with Crippen molar-refractivity contribution in [3.63, 3.8) is 0 Å². The molecular formula is C20H22N2O12S2. The van der Waals surface area contributed by atoms with Gasteiger partial charge in [0.1, 0.15) is 0 Å². The number of hydrogen-bond acceptors (Lipinski definition) is 12. The van der Waals surface area contributed by atoms with E-state index in [2.05, 4.69) is 0 Å². The summed E-state index contributed by atoms with van der Waals surface area (Å²) in [6, 6.07) is 9.05. The molecule has 0 bridgehead atoms. The number of benzene rings is 2. The summed E-state index contributed by atoms with van der Waals surface area (Å²) in [4.78, 5) is 31.3. The Balaban J connectivity index is 2.06. The van der Waals surface area contributed by atoms with Crippen LogP contribution in [0.2, 0.25) is 0 Å². The molecule has 1 unspecified atom stereocenters. The van der Waals surface area contributed by atoms with Gasteiger partial charge in [0.25, 0.3) is 11.4 Å². The predicted octanol–water partition coefficient (Wildman–Crippen LogP) is 2.72. The van der Waals surface area contributed by atoms with Gasteiger partial charge in [-0.2, -0.15) is 16.8 Å². The summed E-state index contributed by atoms with van der Waals surface area (Å²) in [5.41, 5.74) is -1.40. The third kappa shape index (κ3) is 7.51. The van der Waals surface area contributed by atoms with Gasteiger partial charge in [-0.15, -0.1) is 0 Å². The molecule has 0 amide bonds. The number of nitro groups is 2. The van der Waals surface area contributed by atoms with Gasteiger partial charge in [0.05, 0.1) is 23.1 Å². The van der Waals surface area contributed by atoms with Crippen LogP contribution in [-0.4, -0.2) is 52.0 Å². The maximum Gasteiger partial charge on any atom is 0.336 e. The molecule has 0 N–H and O–H groups in total. The highest BCUT2D eigenvalue weighted by atomic mass is 32.2. The van der Waals surface area contributed by atoms with Crippen LogP contribution in [0.3, 0.4) is 0 Å². The summed E-state index contributed by atoms with van der Waals surface area (Å²) in [6.45, 7) is 0.954.